The van der Waals surface area contributed by atoms with Gasteiger partial charge in [0.25, 0.3) is 6.43 Å². The molecule has 0 spiro atoms. The molecule has 0 saturated heterocycles. The summed E-state index contributed by atoms with van der Waals surface area (Å²) in [7, 11) is 3.49. The molecule has 4 aromatic rings. The van der Waals surface area contributed by atoms with Crippen LogP contribution in [0.4, 0.5) is 20.5 Å². The molecule has 0 bridgehead atoms. The van der Waals surface area contributed by atoms with E-state index in [1.54, 1.807) is 24.6 Å². The molecule has 0 radical (unpaired) electrons. The van der Waals surface area contributed by atoms with Crippen LogP contribution in [0.1, 0.15) is 31.5 Å². The molecule has 10 nitrogen and oxygen atoms in total. The van der Waals surface area contributed by atoms with E-state index in [0.717, 1.165) is 36.8 Å². The van der Waals surface area contributed by atoms with Crippen LogP contribution in [0.2, 0.25) is 0 Å². The van der Waals surface area contributed by atoms with Crippen molar-refractivity contribution in [2.45, 2.75) is 57.7 Å². The van der Waals surface area contributed by atoms with Crippen molar-refractivity contribution in [1.82, 2.24) is 29.1 Å². The Morgan fingerprint density at radius 3 is 2.62 bits per heavy atom. The summed E-state index contributed by atoms with van der Waals surface area (Å²) in [4.78, 5) is 13.8. The molecule has 4 aromatic heterocycles. The molecule has 12 heteroatoms. The van der Waals surface area contributed by atoms with Crippen LogP contribution in [0.25, 0.3) is 27.9 Å². The van der Waals surface area contributed by atoms with Gasteiger partial charge in [0, 0.05) is 32.0 Å². The molecule has 0 unspecified atom stereocenters. The number of hydrogen-bond acceptors (Lipinski definition) is 8. The molecule has 4 heterocycles. The zero-order chi connectivity index (χ0) is 25.9. The van der Waals surface area contributed by atoms with Gasteiger partial charge in [0.15, 0.2) is 11.5 Å². The van der Waals surface area contributed by atoms with E-state index in [1.165, 1.54) is 4.57 Å². The topological polar surface area (TPSA) is 103 Å². The zero-order valence-electron chi connectivity index (χ0n) is 21.2. The number of aryl methyl sites for hydroxylation is 1. The Morgan fingerprint density at radius 1 is 1.08 bits per heavy atom. The number of anilines is 2. The molecular formula is C25H32F2N8O2. The number of nitrogens with one attached hydrogen (secondary N) is 2. The third kappa shape index (κ3) is 5.35. The van der Waals surface area contributed by atoms with E-state index >= 15 is 0 Å². The number of fused-ring (bicyclic) bond motifs is 2. The quantitative estimate of drug-likeness (QED) is 0.305. The lowest BCUT2D eigenvalue weighted by Gasteiger charge is -2.29. The number of hydrogen-bond donors (Lipinski definition) is 2. The third-order valence-electron chi connectivity index (χ3n) is 6.78. The standard InChI is InChI=1S/C25H32F2N8O2/c1-15-29-20-9-8-19(31-24(20)34(15)14-21(26)27)18-10-11-35-22(18)23(28-2)32-25(33-35)30-16-4-6-17(7-5-16)37-13-12-36-3/h8-11,16-17,21H,4-7,12-14H2,1-3H3,(H2,28,30,32,33). The Hall–Kier alpha value is -3.38. The van der Waals surface area contributed by atoms with Crippen LogP contribution in [-0.2, 0) is 16.0 Å². The number of nitrogens with zero attached hydrogens (tertiary/aromatic N) is 6. The molecular weight excluding hydrogens is 482 g/mol. The summed E-state index contributed by atoms with van der Waals surface area (Å²) in [6, 6.07) is 5.82. The Kier molecular flexibility index (Phi) is 7.47. The first-order chi connectivity index (χ1) is 18.0. The summed E-state index contributed by atoms with van der Waals surface area (Å²) >= 11 is 0. The molecule has 1 fully saturated rings. The molecule has 0 aromatic carbocycles. The second-order valence-corrected chi connectivity index (χ2v) is 9.24. The van der Waals surface area contributed by atoms with Gasteiger partial charge in [0.1, 0.15) is 16.9 Å². The molecule has 37 heavy (non-hydrogen) atoms. The first kappa shape index (κ1) is 25.3. The fourth-order valence-corrected chi connectivity index (χ4v) is 4.94. The van der Waals surface area contributed by atoms with E-state index in [-0.39, 0.29) is 12.1 Å². The van der Waals surface area contributed by atoms with Gasteiger partial charge in [-0.05, 0) is 50.8 Å². The highest BCUT2D eigenvalue weighted by atomic mass is 19.3. The highest BCUT2D eigenvalue weighted by molar-refractivity contribution is 5.89. The highest BCUT2D eigenvalue weighted by Gasteiger charge is 2.23. The largest absolute Gasteiger partial charge is 0.382 e. The summed E-state index contributed by atoms with van der Waals surface area (Å²) in [5, 5.41) is 11.3. The predicted molar refractivity (Wildman–Crippen MR) is 137 cm³/mol. The number of methoxy groups -OCH3 is 1. The Balaban J connectivity index is 1.38. The summed E-state index contributed by atoms with van der Waals surface area (Å²) in [6.45, 7) is 2.49. The Bertz CT molecular complexity index is 1360. The minimum absolute atomic E-state index is 0.266. The lowest BCUT2D eigenvalue weighted by molar-refractivity contribution is -0.00158. The van der Waals surface area contributed by atoms with Gasteiger partial charge in [-0.15, -0.1) is 5.10 Å². The summed E-state index contributed by atoms with van der Waals surface area (Å²) in [5.41, 5.74) is 3.21. The van der Waals surface area contributed by atoms with Crippen LogP contribution in [0.5, 0.6) is 0 Å². The van der Waals surface area contributed by atoms with E-state index in [0.29, 0.717) is 47.7 Å². The number of ether oxygens (including phenoxy) is 2. The van der Waals surface area contributed by atoms with Gasteiger partial charge < -0.3 is 24.7 Å². The van der Waals surface area contributed by atoms with Crippen molar-refractivity contribution in [2.75, 3.05) is 38.0 Å². The van der Waals surface area contributed by atoms with Crippen LogP contribution in [-0.4, -0.2) is 75.1 Å². The first-order valence-corrected chi connectivity index (χ1v) is 12.5. The van der Waals surface area contributed by atoms with Crippen molar-refractivity contribution in [3.8, 4) is 11.3 Å². The molecule has 2 N–H and O–H groups in total. The maximum atomic E-state index is 13.2. The van der Waals surface area contributed by atoms with Gasteiger partial charge in [-0.2, -0.15) is 4.98 Å². The van der Waals surface area contributed by atoms with Crippen molar-refractivity contribution >= 4 is 28.4 Å². The predicted octanol–water partition coefficient (Wildman–Crippen LogP) is 4.14. The number of aromatic nitrogens is 6. The lowest BCUT2D eigenvalue weighted by Crippen LogP contribution is -2.31. The molecule has 5 rings (SSSR count). The van der Waals surface area contributed by atoms with Gasteiger partial charge >= 0.3 is 0 Å². The molecule has 0 amide bonds. The van der Waals surface area contributed by atoms with Gasteiger partial charge in [0.05, 0.1) is 31.6 Å². The van der Waals surface area contributed by atoms with Crippen molar-refractivity contribution in [2.24, 2.45) is 0 Å². The van der Waals surface area contributed by atoms with E-state index in [4.69, 9.17) is 19.4 Å². The van der Waals surface area contributed by atoms with E-state index < -0.39 is 13.0 Å². The monoisotopic (exact) mass is 514 g/mol. The van der Waals surface area contributed by atoms with Crippen LogP contribution < -0.4 is 10.6 Å². The first-order valence-electron chi connectivity index (χ1n) is 12.5. The number of imidazole rings is 1. The van der Waals surface area contributed by atoms with Crippen molar-refractivity contribution in [1.29, 1.82) is 0 Å². The molecule has 0 atom stereocenters. The van der Waals surface area contributed by atoms with E-state index in [9.17, 15) is 8.78 Å². The van der Waals surface area contributed by atoms with E-state index in [2.05, 4.69) is 20.7 Å². The average molecular weight is 515 g/mol. The number of alkyl halides is 2. The van der Waals surface area contributed by atoms with Crippen LogP contribution in [0.15, 0.2) is 24.4 Å². The maximum Gasteiger partial charge on any atom is 0.256 e. The Morgan fingerprint density at radius 2 is 1.89 bits per heavy atom. The maximum absolute atomic E-state index is 13.2. The van der Waals surface area contributed by atoms with Crippen molar-refractivity contribution in [3.05, 3.63) is 30.2 Å². The second kappa shape index (κ2) is 10.9. The summed E-state index contributed by atoms with van der Waals surface area (Å²) in [6.07, 6.45) is 3.53. The van der Waals surface area contributed by atoms with Gasteiger partial charge in [-0.3, -0.25) is 0 Å². The number of rotatable bonds is 10. The molecule has 1 aliphatic rings. The third-order valence-corrected chi connectivity index (χ3v) is 6.78. The highest BCUT2D eigenvalue weighted by Crippen LogP contribution is 2.31. The SMILES string of the molecule is CNc1nc(NC2CCC(OCCOC)CC2)nn2ccc(-c3ccc4nc(C)n(CC(F)F)c4n3)c12. The second-order valence-electron chi connectivity index (χ2n) is 9.24. The van der Waals surface area contributed by atoms with Gasteiger partial charge in [-0.25, -0.2) is 23.3 Å². The van der Waals surface area contributed by atoms with Crippen LogP contribution in [0.3, 0.4) is 0 Å². The van der Waals surface area contributed by atoms with Gasteiger partial charge in [-0.1, -0.05) is 0 Å². The zero-order valence-corrected chi connectivity index (χ0v) is 21.2. The lowest BCUT2D eigenvalue weighted by atomic mass is 9.93. The minimum Gasteiger partial charge on any atom is -0.382 e. The van der Waals surface area contributed by atoms with Crippen LogP contribution in [0, 0.1) is 6.92 Å². The number of halogens is 2. The normalized spacial score (nSPS) is 18.2. The average Bonchev–Trinajstić information content (AvgIpc) is 3.45. The smallest absolute Gasteiger partial charge is 0.256 e. The number of pyridine rings is 1. The fraction of sp³-hybridized carbons (Fsp3) is 0.520. The summed E-state index contributed by atoms with van der Waals surface area (Å²) in [5.74, 6) is 1.69. The molecule has 1 saturated carbocycles. The summed E-state index contributed by atoms with van der Waals surface area (Å²) < 4.78 is 40.5. The Labute approximate surface area is 213 Å². The van der Waals surface area contributed by atoms with Crippen LogP contribution >= 0.6 is 0 Å². The molecule has 1 aliphatic carbocycles. The van der Waals surface area contributed by atoms with Crippen molar-refractivity contribution < 1.29 is 18.3 Å². The van der Waals surface area contributed by atoms with Gasteiger partial charge in [0.2, 0.25) is 5.95 Å². The van der Waals surface area contributed by atoms with Crippen molar-refractivity contribution in [3.63, 3.8) is 0 Å². The molecule has 198 valence electrons. The molecule has 0 aliphatic heterocycles. The minimum atomic E-state index is -2.50. The fourth-order valence-electron chi connectivity index (χ4n) is 4.94. The van der Waals surface area contributed by atoms with E-state index in [1.807, 2.05) is 25.4 Å².